The number of hydrogen-bond acceptors (Lipinski definition) is 6. The van der Waals surface area contributed by atoms with Gasteiger partial charge < -0.3 is 4.74 Å². The molecule has 1 heterocycles. The summed E-state index contributed by atoms with van der Waals surface area (Å²) < 4.78 is 29.7. The van der Waals surface area contributed by atoms with Gasteiger partial charge in [-0.15, -0.1) is 0 Å². The van der Waals surface area contributed by atoms with E-state index in [1.54, 1.807) is 36.4 Å². The van der Waals surface area contributed by atoms with Crippen LogP contribution < -0.4 is 10.1 Å². The largest absolute Gasteiger partial charge is 0.494 e. The van der Waals surface area contributed by atoms with E-state index in [0.717, 1.165) is 18.4 Å². The van der Waals surface area contributed by atoms with E-state index in [4.69, 9.17) is 4.74 Å². The van der Waals surface area contributed by atoms with Gasteiger partial charge in [-0.2, -0.15) is 0 Å². The Morgan fingerprint density at radius 1 is 1.18 bits per heavy atom. The molecule has 1 amide bonds. The molecule has 0 aliphatic rings. The van der Waals surface area contributed by atoms with Gasteiger partial charge in [0.25, 0.3) is 5.91 Å². The second kappa shape index (κ2) is 8.28. The number of aromatic nitrogens is 1. The molecule has 8 heteroatoms. The highest BCUT2D eigenvalue weighted by molar-refractivity contribution is 7.90. The minimum atomic E-state index is -3.29. The third kappa shape index (κ3) is 5.08. The van der Waals surface area contributed by atoms with E-state index in [2.05, 4.69) is 24.1 Å². The molecule has 3 aromatic rings. The summed E-state index contributed by atoms with van der Waals surface area (Å²) in [7, 11) is -3.29. The minimum absolute atomic E-state index is 0.231. The monoisotopic (exact) mass is 418 g/mol. The molecule has 0 saturated carbocycles. The zero-order chi connectivity index (χ0) is 20.3. The maximum atomic E-state index is 12.5. The van der Waals surface area contributed by atoms with Crippen LogP contribution in [0.1, 0.15) is 30.6 Å². The molecule has 0 saturated heterocycles. The van der Waals surface area contributed by atoms with Crippen LogP contribution in [0.25, 0.3) is 10.2 Å². The molecule has 2 aromatic carbocycles. The highest BCUT2D eigenvalue weighted by Gasteiger charge is 2.13. The molecule has 148 valence electrons. The van der Waals surface area contributed by atoms with Crippen LogP contribution in [-0.2, 0) is 9.84 Å². The first-order valence-corrected chi connectivity index (χ1v) is 11.6. The van der Waals surface area contributed by atoms with Crippen LogP contribution in [-0.4, -0.2) is 32.2 Å². The number of nitrogens with zero attached hydrogens (tertiary/aromatic N) is 1. The summed E-state index contributed by atoms with van der Waals surface area (Å²) in [6.45, 7) is 4.92. The number of hydrogen-bond donors (Lipinski definition) is 1. The fraction of sp³-hybridized carbons (Fsp3) is 0.300. The summed E-state index contributed by atoms with van der Waals surface area (Å²) in [4.78, 5) is 17.0. The Morgan fingerprint density at radius 2 is 1.89 bits per heavy atom. The Morgan fingerprint density at radius 3 is 2.54 bits per heavy atom. The molecule has 28 heavy (non-hydrogen) atoms. The number of benzene rings is 2. The van der Waals surface area contributed by atoms with E-state index in [-0.39, 0.29) is 10.8 Å². The average molecular weight is 419 g/mol. The van der Waals surface area contributed by atoms with Crippen molar-refractivity contribution in [1.82, 2.24) is 4.98 Å². The van der Waals surface area contributed by atoms with Crippen molar-refractivity contribution < 1.29 is 17.9 Å². The van der Waals surface area contributed by atoms with Gasteiger partial charge in [0, 0.05) is 11.8 Å². The molecule has 0 atom stereocenters. The van der Waals surface area contributed by atoms with Crippen molar-refractivity contribution in [3.8, 4) is 5.75 Å². The van der Waals surface area contributed by atoms with E-state index in [9.17, 15) is 13.2 Å². The van der Waals surface area contributed by atoms with Gasteiger partial charge in [-0.05, 0) is 54.8 Å². The zero-order valence-corrected chi connectivity index (χ0v) is 17.6. The summed E-state index contributed by atoms with van der Waals surface area (Å²) >= 11 is 1.24. The summed E-state index contributed by atoms with van der Waals surface area (Å²) in [5, 5.41) is 3.18. The number of rotatable bonds is 7. The molecular weight excluding hydrogens is 396 g/mol. The third-order valence-corrected chi connectivity index (χ3v) is 6.13. The highest BCUT2D eigenvalue weighted by atomic mass is 32.2. The molecule has 0 fully saturated rings. The number of sulfone groups is 1. The van der Waals surface area contributed by atoms with E-state index >= 15 is 0 Å². The first-order valence-electron chi connectivity index (χ1n) is 8.87. The molecule has 1 aromatic heterocycles. The number of fused-ring (bicyclic) bond motifs is 1. The Labute approximate surface area is 168 Å². The Kier molecular flexibility index (Phi) is 6.00. The van der Waals surface area contributed by atoms with Crippen molar-refractivity contribution in [1.29, 1.82) is 0 Å². The lowest BCUT2D eigenvalue weighted by Gasteiger charge is -2.08. The van der Waals surface area contributed by atoms with Gasteiger partial charge in [0.1, 0.15) is 5.75 Å². The normalized spacial score (nSPS) is 11.7. The number of ether oxygens (including phenoxy) is 1. The van der Waals surface area contributed by atoms with Gasteiger partial charge in [0.15, 0.2) is 15.0 Å². The summed E-state index contributed by atoms with van der Waals surface area (Å²) in [5.74, 6) is 1.02. The molecule has 0 spiro atoms. The molecule has 1 N–H and O–H groups in total. The Balaban J connectivity index is 1.68. The predicted molar refractivity (Wildman–Crippen MR) is 112 cm³/mol. The molecule has 0 bridgehead atoms. The van der Waals surface area contributed by atoms with Crippen molar-refractivity contribution in [3.05, 3.63) is 48.0 Å². The highest BCUT2D eigenvalue weighted by Crippen LogP contribution is 2.28. The van der Waals surface area contributed by atoms with Crippen molar-refractivity contribution in [2.24, 2.45) is 5.92 Å². The van der Waals surface area contributed by atoms with Gasteiger partial charge in [-0.1, -0.05) is 25.2 Å². The van der Waals surface area contributed by atoms with Crippen molar-refractivity contribution >= 4 is 42.4 Å². The zero-order valence-electron chi connectivity index (χ0n) is 15.9. The van der Waals surface area contributed by atoms with E-state index in [0.29, 0.717) is 33.4 Å². The predicted octanol–water partition coefficient (Wildman–Crippen LogP) is 4.38. The molecule has 0 radical (unpaired) electrons. The van der Waals surface area contributed by atoms with E-state index in [1.165, 1.54) is 17.4 Å². The molecule has 0 aliphatic carbocycles. The second-order valence-corrected chi connectivity index (χ2v) is 9.98. The van der Waals surface area contributed by atoms with Gasteiger partial charge >= 0.3 is 0 Å². The SMILES string of the molecule is CC(C)CCOc1ccc(C(=O)Nc2nc3ccc(S(C)(=O)=O)cc3s2)cc1. The maximum Gasteiger partial charge on any atom is 0.257 e. The van der Waals surface area contributed by atoms with E-state index < -0.39 is 9.84 Å². The summed E-state index contributed by atoms with van der Waals surface area (Å²) in [6.07, 6.45) is 2.13. The van der Waals surface area contributed by atoms with Crippen LogP contribution in [0.15, 0.2) is 47.4 Å². The molecule has 0 unspecified atom stereocenters. The lowest BCUT2D eigenvalue weighted by molar-refractivity contribution is 0.102. The lowest BCUT2D eigenvalue weighted by Crippen LogP contribution is -2.11. The van der Waals surface area contributed by atoms with Crippen molar-refractivity contribution in [2.45, 2.75) is 25.2 Å². The fourth-order valence-electron chi connectivity index (χ4n) is 2.47. The number of carbonyl (C=O) groups excluding carboxylic acids is 1. The number of anilines is 1. The molecular formula is C20H22N2O4S2. The fourth-order valence-corrected chi connectivity index (χ4v) is 4.10. The van der Waals surface area contributed by atoms with Crippen LogP contribution in [0.4, 0.5) is 5.13 Å². The topological polar surface area (TPSA) is 85.4 Å². The van der Waals surface area contributed by atoms with Gasteiger partial charge in [0.05, 0.1) is 21.7 Å². The first-order chi connectivity index (χ1) is 13.2. The number of thiazole rings is 1. The van der Waals surface area contributed by atoms with Gasteiger partial charge in [-0.25, -0.2) is 13.4 Å². The molecule has 0 aliphatic heterocycles. The summed E-state index contributed by atoms with van der Waals surface area (Å²) in [6, 6.07) is 11.7. The Hall–Kier alpha value is -2.45. The van der Waals surface area contributed by atoms with Crippen LogP contribution in [0.5, 0.6) is 5.75 Å². The smallest absolute Gasteiger partial charge is 0.257 e. The van der Waals surface area contributed by atoms with Crippen LogP contribution in [0, 0.1) is 5.92 Å². The summed E-state index contributed by atoms with van der Waals surface area (Å²) in [5.41, 5.74) is 1.13. The minimum Gasteiger partial charge on any atom is -0.494 e. The number of carbonyl (C=O) groups is 1. The van der Waals surface area contributed by atoms with Crippen LogP contribution in [0.2, 0.25) is 0 Å². The molecule has 6 nitrogen and oxygen atoms in total. The number of nitrogens with one attached hydrogen (secondary N) is 1. The average Bonchev–Trinajstić information content (AvgIpc) is 3.02. The third-order valence-electron chi connectivity index (χ3n) is 4.09. The van der Waals surface area contributed by atoms with Crippen molar-refractivity contribution in [2.75, 3.05) is 18.2 Å². The lowest BCUT2D eigenvalue weighted by atomic mass is 10.1. The maximum absolute atomic E-state index is 12.5. The van der Waals surface area contributed by atoms with Crippen LogP contribution in [0.3, 0.4) is 0 Å². The van der Waals surface area contributed by atoms with Gasteiger partial charge in [-0.3, -0.25) is 10.1 Å². The standard InChI is InChI=1S/C20H22N2O4S2/c1-13(2)10-11-26-15-6-4-14(5-7-15)19(23)22-20-21-17-9-8-16(28(3,24)25)12-18(17)27-20/h4-9,12-13H,10-11H2,1-3H3,(H,21,22,23). The van der Waals surface area contributed by atoms with Crippen molar-refractivity contribution in [3.63, 3.8) is 0 Å². The quantitative estimate of drug-likeness (QED) is 0.615. The Bertz CT molecular complexity index is 1090. The number of amides is 1. The molecule has 3 rings (SSSR count). The van der Waals surface area contributed by atoms with Gasteiger partial charge in [0.2, 0.25) is 0 Å². The second-order valence-electron chi connectivity index (χ2n) is 6.93. The van der Waals surface area contributed by atoms with Crippen LogP contribution >= 0.6 is 11.3 Å². The van der Waals surface area contributed by atoms with E-state index in [1.807, 2.05) is 0 Å². The first kappa shape index (κ1) is 20.3.